The molecule has 2 aromatic rings. The predicted molar refractivity (Wildman–Crippen MR) is 98.5 cm³/mol. The molecule has 0 radical (unpaired) electrons. The molecule has 0 aromatic heterocycles. The van der Waals surface area contributed by atoms with Crippen molar-refractivity contribution < 1.29 is 14.6 Å². The molecule has 0 saturated heterocycles. The number of carboxylic acids is 1. The van der Waals surface area contributed by atoms with E-state index in [1.54, 1.807) is 12.1 Å². The number of hydrogen-bond acceptors (Lipinski definition) is 2. The van der Waals surface area contributed by atoms with E-state index < -0.39 is 5.97 Å². The molecular weight excluding hydrogens is 371 g/mol. The number of hydrogen-bond donors (Lipinski definition) is 1. The highest BCUT2D eigenvalue weighted by Crippen LogP contribution is 2.36. The second-order valence-electron chi connectivity index (χ2n) is 5.33. The highest BCUT2D eigenvalue weighted by atomic mass is 35.5. The zero-order valence-corrected chi connectivity index (χ0v) is 15.2. The van der Waals surface area contributed by atoms with Crippen molar-refractivity contribution in [2.45, 2.75) is 25.7 Å². The maximum absolute atomic E-state index is 10.4. The van der Waals surface area contributed by atoms with Crippen molar-refractivity contribution in [1.82, 2.24) is 0 Å². The predicted octanol–water partition coefficient (Wildman–Crippen LogP) is 6.34. The van der Waals surface area contributed by atoms with E-state index in [9.17, 15) is 4.79 Å². The van der Waals surface area contributed by atoms with Crippen LogP contribution >= 0.6 is 34.8 Å². The number of carbonyl (C=O) groups is 1. The van der Waals surface area contributed by atoms with E-state index in [-0.39, 0.29) is 6.42 Å². The molecule has 0 heterocycles. The second-order valence-corrected chi connectivity index (χ2v) is 6.55. The molecule has 128 valence electrons. The first-order valence-electron chi connectivity index (χ1n) is 7.57. The van der Waals surface area contributed by atoms with Crippen molar-refractivity contribution in [3.8, 4) is 16.9 Å². The first-order chi connectivity index (χ1) is 11.5. The van der Waals surface area contributed by atoms with Gasteiger partial charge in [0.1, 0.15) is 5.75 Å². The molecule has 3 nitrogen and oxygen atoms in total. The molecule has 0 atom stereocenters. The van der Waals surface area contributed by atoms with Crippen LogP contribution in [0.2, 0.25) is 15.1 Å². The minimum Gasteiger partial charge on any atom is -0.494 e. The van der Waals surface area contributed by atoms with Crippen LogP contribution in [0.4, 0.5) is 0 Å². The summed E-state index contributed by atoms with van der Waals surface area (Å²) in [6.07, 6.45) is 2.50. The highest BCUT2D eigenvalue weighted by Gasteiger charge is 2.09. The van der Waals surface area contributed by atoms with Gasteiger partial charge in [0, 0.05) is 17.0 Å². The van der Waals surface area contributed by atoms with Crippen molar-refractivity contribution in [1.29, 1.82) is 0 Å². The van der Waals surface area contributed by atoms with E-state index >= 15 is 0 Å². The molecule has 6 heteroatoms. The average molecular weight is 388 g/mol. The van der Waals surface area contributed by atoms with Gasteiger partial charge in [-0.15, -0.1) is 0 Å². The summed E-state index contributed by atoms with van der Waals surface area (Å²) in [5, 5.41) is 9.97. The summed E-state index contributed by atoms with van der Waals surface area (Å²) in [5.41, 5.74) is 1.68. The van der Waals surface area contributed by atoms with Crippen LogP contribution in [0.5, 0.6) is 5.75 Å². The van der Waals surface area contributed by atoms with Crippen LogP contribution in [0.1, 0.15) is 25.7 Å². The number of benzene rings is 2. The molecule has 0 saturated carbocycles. The lowest BCUT2D eigenvalue weighted by molar-refractivity contribution is -0.137. The molecule has 0 aliphatic rings. The Bertz CT molecular complexity index is 717. The second kappa shape index (κ2) is 9.16. The Morgan fingerprint density at radius 1 is 0.958 bits per heavy atom. The highest BCUT2D eigenvalue weighted by molar-refractivity contribution is 6.44. The van der Waals surface area contributed by atoms with Crippen LogP contribution in [0, 0.1) is 0 Å². The first-order valence-corrected chi connectivity index (χ1v) is 8.70. The summed E-state index contributed by atoms with van der Waals surface area (Å²) in [4.78, 5) is 10.4. The summed E-state index contributed by atoms with van der Waals surface area (Å²) >= 11 is 18.3. The van der Waals surface area contributed by atoms with Gasteiger partial charge in [0.2, 0.25) is 0 Å². The summed E-state index contributed by atoms with van der Waals surface area (Å²) in [6.45, 7) is 0.540. The van der Waals surface area contributed by atoms with Gasteiger partial charge in [-0.1, -0.05) is 46.9 Å². The molecule has 0 amide bonds. The van der Waals surface area contributed by atoms with Crippen LogP contribution in [0.3, 0.4) is 0 Å². The first kappa shape index (κ1) is 18.9. The van der Waals surface area contributed by atoms with E-state index in [1.165, 1.54) is 0 Å². The van der Waals surface area contributed by atoms with Gasteiger partial charge >= 0.3 is 5.97 Å². The Kier molecular flexibility index (Phi) is 7.22. The maximum Gasteiger partial charge on any atom is 0.303 e. The minimum absolute atomic E-state index is 0.200. The lowest BCUT2D eigenvalue weighted by Crippen LogP contribution is -1.99. The third-order valence-electron chi connectivity index (χ3n) is 3.46. The van der Waals surface area contributed by atoms with Crippen molar-refractivity contribution in [2.24, 2.45) is 0 Å². The molecule has 24 heavy (non-hydrogen) atoms. The molecule has 0 bridgehead atoms. The van der Waals surface area contributed by atoms with Crippen molar-refractivity contribution in [2.75, 3.05) is 6.61 Å². The number of carboxylic acid groups (broad SMARTS) is 1. The molecule has 0 spiro atoms. The van der Waals surface area contributed by atoms with Gasteiger partial charge in [0.25, 0.3) is 0 Å². The third-order valence-corrected chi connectivity index (χ3v) is 4.49. The maximum atomic E-state index is 10.4. The van der Waals surface area contributed by atoms with E-state index in [1.807, 2.05) is 24.3 Å². The van der Waals surface area contributed by atoms with Crippen molar-refractivity contribution >= 4 is 40.8 Å². The van der Waals surface area contributed by atoms with Crippen molar-refractivity contribution in [3.63, 3.8) is 0 Å². The summed E-state index contributed by atoms with van der Waals surface area (Å²) in [6, 6.07) is 10.9. The van der Waals surface area contributed by atoms with Crippen LogP contribution < -0.4 is 4.74 Å². The molecule has 0 fully saturated rings. The number of rotatable bonds is 8. The van der Waals surface area contributed by atoms with Gasteiger partial charge in [-0.3, -0.25) is 4.79 Å². The lowest BCUT2D eigenvalue weighted by Gasteiger charge is -2.10. The number of unbranched alkanes of at least 4 members (excludes halogenated alkanes) is 2. The minimum atomic E-state index is -0.762. The fourth-order valence-electron chi connectivity index (χ4n) is 2.24. The number of ether oxygens (including phenoxy) is 1. The third kappa shape index (κ3) is 5.59. The summed E-state index contributed by atoms with van der Waals surface area (Å²) in [7, 11) is 0. The van der Waals surface area contributed by atoms with Crippen molar-refractivity contribution in [3.05, 3.63) is 51.5 Å². The van der Waals surface area contributed by atoms with E-state index in [0.29, 0.717) is 28.1 Å². The van der Waals surface area contributed by atoms with Gasteiger partial charge in [-0.25, -0.2) is 0 Å². The quantitative estimate of drug-likeness (QED) is 0.425. The molecule has 0 aliphatic carbocycles. The Labute approximate surface area is 156 Å². The summed E-state index contributed by atoms with van der Waals surface area (Å²) < 4.78 is 5.72. The Balaban J connectivity index is 1.97. The smallest absolute Gasteiger partial charge is 0.303 e. The molecule has 0 aliphatic heterocycles. The number of halogens is 3. The largest absolute Gasteiger partial charge is 0.494 e. The topological polar surface area (TPSA) is 46.5 Å². The summed E-state index contributed by atoms with van der Waals surface area (Å²) in [5.74, 6) is -0.0324. The Hall–Kier alpha value is -1.42. The lowest BCUT2D eigenvalue weighted by atomic mass is 10.1. The molecule has 0 unspecified atom stereocenters. The van der Waals surface area contributed by atoms with Gasteiger partial charge < -0.3 is 9.84 Å². The van der Waals surface area contributed by atoms with Crippen LogP contribution in [-0.4, -0.2) is 17.7 Å². The van der Waals surface area contributed by atoms with Gasteiger partial charge in [0.05, 0.1) is 16.7 Å². The zero-order chi connectivity index (χ0) is 17.5. The van der Waals surface area contributed by atoms with Crippen LogP contribution in [0.15, 0.2) is 36.4 Å². The standard InChI is InChI=1S/C18H17Cl3O3/c19-15-11-17(21)16(20)10-14(15)12-5-4-6-13(9-12)24-8-3-1-2-7-18(22)23/h4-6,9-11H,1-3,7-8H2,(H,22,23). The normalized spacial score (nSPS) is 10.6. The Morgan fingerprint density at radius 3 is 2.46 bits per heavy atom. The van der Waals surface area contributed by atoms with E-state index in [4.69, 9.17) is 44.6 Å². The van der Waals surface area contributed by atoms with E-state index in [0.717, 1.165) is 29.7 Å². The average Bonchev–Trinajstić information content (AvgIpc) is 2.54. The van der Waals surface area contributed by atoms with Crippen LogP contribution in [-0.2, 0) is 4.79 Å². The fourth-order valence-corrected chi connectivity index (χ4v) is 2.90. The van der Waals surface area contributed by atoms with Gasteiger partial charge in [-0.2, -0.15) is 0 Å². The molecule has 1 N–H and O–H groups in total. The monoisotopic (exact) mass is 386 g/mol. The van der Waals surface area contributed by atoms with Gasteiger partial charge in [-0.05, 0) is 49.1 Å². The SMILES string of the molecule is O=C(O)CCCCCOc1cccc(-c2cc(Cl)c(Cl)cc2Cl)c1. The van der Waals surface area contributed by atoms with Gasteiger partial charge in [0.15, 0.2) is 0 Å². The van der Waals surface area contributed by atoms with E-state index in [2.05, 4.69) is 0 Å². The van der Waals surface area contributed by atoms with Crippen LogP contribution in [0.25, 0.3) is 11.1 Å². The molecule has 2 rings (SSSR count). The molecular formula is C18H17Cl3O3. The fraction of sp³-hybridized carbons (Fsp3) is 0.278. The zero-order valence-electron chi connectivity index (χ0n) is 12.9. The number of aliphatic carboxylic acids is 1. The Morgan fingerprint density at radius 2 is 1.71 bits per heavy atom. The molecule has 2 aromatic carbocycles.